The molecule has 0 bridgehead atoms. The van der Waals surface area contributed by atoms with Crippen molar-refractivity contribution in [3.63, 3.8) is 0 Å². The summed E-state index contributed by atoms with van der Waals surface area (Å²) in [6, 6.07) is 0. The third-order valence-corrected chi connectivity index (χ3v) is 3.22. The van der Waals surface area contributed by atoms with Crippen molar-refractivity contribution in [2.45, 2.75) is 48.1 Å². The summed E-state index contributed by atoms with van der Waals surface area (Å²) in [7, 11) is 0. The predicted molar refractivity (Wildman–Crippen MR) is 61.5 cm³/mol. The van der Waals surface area contributed by atoms with Gasteiger partial charge in [-0.3, -0.25) is 0 Å². The maximum absolute atomic E-state index is 13.3. The Bertz CT molecular complexity index is 619. The number of ether oxygens (including phenoxy) is 1. The molecule has 0 aliphatic rings. The molecular weight excluding hydrogens is 461 g/mol. The van der Waals surface area contributed by atoms with Crippen LogP contribution in [0.4, 0.5) is 65.9 Å². The van der Waals surface area contributed by atoms with E-state index < -0.39 is 60.7 Å². The van der Waals surface area contributed by atoms with Gasteiger partial charge in [0.2, 0.25) is 0 Å². The van der Waals surface area contributed by atoms with Crippen LogP contribution in [0.1, 0.15) is 6.42 Å². The predicted octanol–water partition coefficient (Wildman–Crippen LogP) is 5.48. The van der Waals surface area contributed by atoms with Gasteiger partial charge in [0.1, 0.15) is 0 Å². The van der Waals surface area contributed by atoms with Crippen molar-refractivity contribution < 1.29 is 75.4 Å². The van der Waals surface area contributed by atoms with Gasteiger partial charge in [0, 0.05) is 6.08 Å². The van der Waals surface area contributed by atoms with E-state index >= 15 is 0 Å². The zero-order valence-electron chi connectivity index (χ0n) is 13.2. The molecule has 0 saturated heterocycles. The third-order valence-electron chi connectivity index (χ3n) is 3.22. The van der Waals surface area contributed by atoms with Crippen molar-refractivity contribution in [2.75, 3.05) is 6.61 Å². The molecule has 0 aromatic heterocycles. The van der Waals surface area contributed by atoms with Crippen molar-refractivity contribution in [1.82, 2.24) is 0 Å². The topological polar surface area (TPSA) is 26.3 Å². The van der Waals surface area contributed by atoms with Gasteiger partial charge >= 0.3 is 47.7 Å². The molecule has 172 valence electrons. The molecule has 0 rings (SSSR count). The van der Waals surface area contributed by atoms with Crippen molar-refractivity contribution in [3.8, 4) is 0 Å². The van der Waals surface area contributed by atoms with E-state index in [2.05, 4.69) is 11.3 Å². The number of alkyl halides is 15. The van der Waals surface area contributed by atoms with E-state index in [-0.39, 0.29) is 6.08 Å². The van der Waals surface area contributed by atoms with Crippen LogP contribution in [0.25, 0.3) is 0 Å². The van der Waals surface area contributed by atoms with Gasteiger partial charge in [-0.1, -0.05) is 6.58 Å². The minimum atomic E-state index is -8.33. The maximum atomic E-state index is 13.3. The molecule has 0 fully saturated rings. The van der Waals surface area contributed by atoms with Crippen LogP contribution in [0.2, 0.25) is 0 Å². The first-order valence-corrected chi connectivity index (χ1v) is 6.58. The van der Waals surface area contributed by atoms with Gasteiger partial charge in [0.15, 0.2) is 0 Å². The second-order valence-electron chi connectivity index (χ2n) is 5.20. The Balaban J connectivity index is 6.15. The third kappa shape index (κ3) is 4.08. The highest BCUT2D eigenvalue weighted by Crippen LogP contribution is 2.62. The normalized spacial score (nSPS) is 15.3. The lowest BCUT2D eigenvalue weighted by Crippen LogP contribution is -2.72. The fourth-order valence-corrected chi connectivity index (χ4v) is 1.49. The van der Waals surface area contributed by atoms with Gasteiger partial charge in [-0.2, -0.15) is 65.9 Å². The van der Waals surface area contributed by atoms with Gasteiger partial charge in [-0.25, -0.2) is 4.79 Å². The van der Waals surface area contributed by atoms with Crippen LogP contribution >= 0.6 is 0 Å². The average Bonchev–Trinajstić information content (AvgIpc) is 2.52. The number of hydrogen-bond acceptors (Lipinski definition) is 2. The molecule has 0 N–H and O–H groups in total. The number of carbonyl (C=O) groups is 1. The van der Waals surface area contributed by atoms with Crippen molar-refractivity contribution in [3.05, 3.63) is 12.7 Å². The minimum absolute atomic E-state index is 0.249. The molecule has 0 spiro atoms. The van der Waals surface area contributed by atoms with E-state index in [1.165, 1.54) is 0 Å². The van der Waals surface area contributed by atoms with Gasteiger partial charge in [0.25, 0.3) is 0 Å². The highest BCUT2D eigenvalue weighted by molar-refractivity contribution is 5.81. The molecule has 0 amide bonds. The summed E-state index contributed by atoms with van der Waals surface area (Å²) in [6.07, 6.45) is -10.1. The lowest BCUT2D eigenvalue weighted by Gasteiger charge is -2.41. The smallest absolute Gasteiger partial charge is 0.460 e. The summed E-state index contributed by atoms with van der Waals surface area (Å²) in [5.74, 6) is -48.4. The molecule has 0 aromatic carbocycles. The Morgan fingerprint density at radius 1 is 0.655 bits per heavy atom. The number of carbonyl (C=O) groups excluding carboxylic acids is 1. The van der Waals surface area contributed by atoms with Gasteiger partial charge in [-0.15, -0.1) is 0 Å². The van der Waals surface area contributed by atoms with Gasteiger partial charge in [-0.05, 0) is 0 Å². The summed E-state index contributed by atoms with van der Waals surface area (Å²) < 4.78 is 196. The fraction of sp³-hybridized carbons (Fsp3) is 0.750. The Morgan fingerprint density at radius 2 is 1.00 bits per heavy atom. The Morgan fingerprint density at radius 3 is 1.34 bits per heavy atom. The second kappa shape index (κ2) is 7.45. The van der Waals surface area contributed by atoms with E-state index in [0.29, 0.717) is 0 Å². The summed E-state index contributed by atoms with van der Waals surface area (Å²) in [5, 5.41) is 0. The molecule has 0 radical (unpaired) electrons. The SMILES string of the molecule is C=CC(=O)OCCC(F)(F)C(F)(F)C(F)(F)C(F)(F)C(F)(F)C(F)(F)C(F)(F)F. The Labute approximate surface area is 150 Å². The Kier molecular flexibility index (Phi) is 6.97. The molecule has 0 aliphatic carbocycles. The standard InChI is InChI=1S/C12H7F15O2/c1-2-5(28)29-4-3-6(13,14)7(15,16)8(17,18)9(19,20)10(21,22)11(23,24)12(25,26)27/h2H,1,3-4H2. The number of esters is 1. The van der Waals surface area contributed by atoms with Crippen molar-refractivity contribution in [2.24, 2.45) is 0 Å². The molecule has 29 heavy (non-hydrogen) atoms. The minimum Gasteiger partial charge on any atom is -0.462 e. The molecular formula is C12H7F15O2. The number of halogens is 15. The van der Waals surface area contributed by atoms with Crippen LogP contribution in [-0.4, -0.2) is 54.3 Å². The maximum Gasteiger partial charge on any atom is 0.460 e. The molecule has 0 saturated carbocycles. The van der Waals surface area contributed by atoms with Crippen molar-refractivity contribution in [1.29, 1.82) is 0 Å². The molecule has 0 aliphatic heterocycles. The first-order chi connectivity index (χ1) is 12.5. The van der Waals surface area contributed by atoms with Crippen molar-refractivity contribution >= 4 is 5.97 Å². The highest BCUT2D eigenvalue weighted by Gasteiger charge is 2.93. The molecule has 0 unspecified atom stereocenters. The van der Waals surface area contributed by atoms with E-state index in [0.717, 1.165) is 0 Å². The molecule has 0 heterocycles. The lowest BCUT2D eigenvalue weighted by atomic mass is 9.90. The number of hydrogen-bond donors (Lipinski definition) is 0. The first kappa shape index (κ1) is 27.2. The van der Waals surface area contributed by atoms with E-state index in [1.54, 1.807) is 0 Å². The second-order valence-corrected chi connectivity index (χ2v) is 5.20. The van der Waals surface area contributed by atoms with Crippen LogP contribution in [-0.2, 0) is 9.53 Å². The van der Waals surface area contributed by atoms with Gasteiger partial charge < -0.3 is 4.74 Å². The molecule has 0 aromatic rings. The summed E-state index contributed by atoms with van der Waals surface area (Å²) in [6.45, 7) is 0.792. The molecule has 17 heteroatoms. The summed E-state index contributed by atoms with van der Waals surface area (Å²) >= 11 is 0. The fourth-order valence-electron chi connectivity index (χ4n) is 1.49. The zero-order valence-corrected chi connectivity index (χ0v) is 13.2. The number of rotatable bonds is 9. The average molecular weight is 468 g/mol. The Hall–Kier alpha value is -1.84. The summed E-state index contributed by atoms with van der Waals surface area (Å²) in [5.41, 5.74) is 0. The zero-order chi connectivity index (χ0) is 23.9. The van der Waals surface area contributed by atoms with Crippen LogP contribution in [0.15, 0.2) is 12.7 Å². The first-order valence-electron chi connectivity index (χ1n) is 6.58. The molecule has 0 atom stereocenters. The van der Waals surface area contributed by atoms with Crippen LogP contribution in [0, 0.1) is 0 Å². The van der Waals surface area contributed by atoms with E-state index in [1.807, 2.05) is 0 Å². The van der Waals surface area contributed by atoms with E-state index in [9.17, 15) is 70.7 Å². The van der Waals surface area contributed by atoms with Crippen LogP contribution in [0.3, 0.4) is 0 Å². The highest BCUT2D eigenvalue weighted by atomic mass is 19.4. The monoisotopic (exact) mass is 468 g/mol. The molecule has 2 nitrogen and oxygen atoms in total. The van der Waals surface area contributed by atoms with Crippen LogP contribution < -0.4 is 0 Å². The largest absolute Gasteiger partial charge is 0.462 e. The lowest BCUT2D eigenvalue weighted by molar-refractivity contribution is -0.452. The van der Waals surface area contributed by atoms with E-state index in [4.69, 9.17) is 0 Å². The summed E-state index contributed by atoms with van der Waals surface area (Å²) in [4.78, 5) is 10.5. The van der Waals surface area contributed by atoms with Crippen LogP contribution in [0.5, 0.6) is 0 Å². The quantitative estimate of drug-likeness (QED) is 0.255. The van der Waals surface area contributed by atoms with Gasteiger partial charge in [0.05, 0.1) is 13.0 Å².